The lowest BCUT2D eigenvalue weighted by atomic mass is 9.90. The van der Waals surface area contributed by atoms with E-state index in [1.165, 1.54) is 0 Å². The van der Waals surface area contributed by atoms with Gasteiger partial charge in [-0.15, -0.1) is 0 Å². The molecule has 106 valence electrons. The molecule has 1 N–H and O–H groups in total. The molecule has 0 bridgehead atoms. The standard InChI is InChI=1S/C17H21NO2/c1-11-5-6-12(2)18(4)17(20)16(11)13(3)14-7-9-15(19)10-8-14/h6-11,19H,5H2,1-4H3/b16-13+. The highest BCUT2D eigenvalue weighted by molar-refractivity contribution is 6.02. The topological polar surface area (TPSA) is 40.5 Å². The van der Waals surface area contributed by atoms with Crippen LogP contribution in [0.25, 0.3) is 5.57 Å². The molecular formula is C17H21NO2. The molecule has 1 heterocycles. The minimum absolute atomic E-state index is 0.0642. The zero-order chi connectivity index (χ0) is 14.9. The van der Waals surface area contributed by atoms with Gasteiger partial charge in [-0.3, -0.25) is 4.79 Å². The van der Waals surface area contributed by atoms with E-state index in [0.29, 0.717) is 0 Å². The van der Waals surface area contributed by atoms with E-state index >= 15 is 0 Å². The molecule has 1 aliphatic heterocycles. The summed E-state index contributed by atoms with van der Waals surface area (Å²) < 4.78 is 0. The van der Waals surface area contributed by atoms with E-state index in [9.17, 15) is 9.90 Å². The zero-order valence-corrected chi connectivity index (χ0v) is 12.5. The van der Waals surface area contributed by atoms with Crippen LogP contribution in [0.15, 0.2) is 41.6 Å². The number of likely N-dealkylation sites (N-methyl/N-ethyl adjacent to an activating group) is 1. The molecule has 0 spiro atoms. The number of hydrogen-bond acceptors (Lipinski definition) is 2. The van der Waals surface area contributed by atoms with Crippen LogP contribution >= 0.6 is 0 Å². The number of amides is 1. The van der Waals surface area contributed by atoms with E-state index in [-0.39, 0.29) is 17.6 Å². The number of allylic oxidation sites excluding steroid dienone is 3. The van der Waals surface area contributed by atoms with Crippen LogP contribution in [0.3, 0.4) is 0 Å². The normalized spacial score (nSPS) is 22.4. The lowest BCUT2D eigenvalue weighted by molar-refractivity contribution is -0.124. The summed E-state index contributed by atoms with van der Waals surface area (Å²) in [4.78, 5) is 14.3. The summed E-state index contributed by atoms with van der Waals surface area (Å²) in [6.07, 6.45) is 2.98. The fourth-order valence-corrected chi connectivity index (χ4v) is 2.55. The third-order valence-corrected chi connectivity index (χ3v) is 4.03. The van der Waals surface area contributed by atoms with Gasteiger partial charge in [0.1, 0.15) is 5.75 Å². The maximum Gasteiger partial charge on any atom is 0.254 e. The molecule has 1 aromatic carbocycles. The molecule has 0 saturated carbocycles. The number of rotatable bonds is 1. The van der Waals surface area contributed by atoms with Gasteiger partial charge in [0.15, 0.2) is 0 Å². The van der Waals surface area contributed by atoms with E-state index in [1.807, 2.05) is 33.0 Å². The van der Waals surface area contributed by atoms with Crippen molar-refractivity contribution in [1.82, 2.24) is 4.90 Å². The Morgan fingerprint density at radius 3 is 2.50 bits per heavy atom. The van der Waals surface area contributed by atoms with Crippen molar-refractivity contribution in [3.8, 4) is 5.75 Å². The zero-order valence-electron chi connectivity index (χ0n) is 12.5. The summed E-state index contributed by atoms with van der Waals surface area (Å²) in [6, 6.07) is 7.00. The lowest BCUT2D eigenvalue weighted by Crippen LogP contribution is -2.27. The van der Waals surface area contributed by atoms with Crippen LogP contribution in [-0.4, -0.2) is 23.0 Å². The third-order valence-electron chi connectivity index (χ3n) is 4.03. The van der Waals surface area contributed by atoms with Gasteiger partial charge >= 0.3 is 0 Å². The largest absolute Gasteiger partial charge is 0.508 e. The fraction of sp³-hybridized carbons (Fsp3) is 0.353. The Morgan fingerprint density at radius 2 is 1.90 bits per heavy atom. The smallest absolute Gasteiger partial charge is 0.254 e. The molecule has 1 unspecified atom stereocenters. The molecule has 0 saturated heterocycles. The molecule has 0 aliphatic carbocycles. The highest BCUT2D eigenvalue weighted by atomic mass is 16.3. The maximum atomic E-state index is 12.6. The van der Waals surface area contributed by atoms with Gasteiger partial charge < -0.3 is 10.0 Å². The highest BCUT2D eigenvalue weighted by Gasteiger charge is 2.26. The van der Waals surface area contributed by atoms with Gasteiger partial charge in [0.25, 0.3) is 5.91 Å². The summed E-state index contributed by atoms with van der Waals surface area (Å²) in [5.41, 5.74) is 3.81. The van der Waals surface area contributed by atoms with Crippen LogP contribution in [0.4, 0.5) is 0 Å². The molecule has 20 heavy (non-hydrogen) atoms. The Bertz CT molecular complexity index is 582. The molecule has 0 aromatic heterocycles. The second-order valence-electron chi connectivity index (χ2n) is 5.43. The van der Waals surface area contributed by atoms with Crippen molar-refractivity contribution in [3.63, 3.8) is 0 Å². The van der Waals surface area contributed by atoms with Crippen LogP contribution in [-0.2, 0) is 4.79 Å². The Balaban J connectivity index is 2.49. The van der Waals surface area contributed by atoms with Gasteiger partial charge in [0.05, 0.1) is 0 Å². The first-order chi connectivity index (χ1) is 9.41. The van der Waals surface area contributed by atoms with Gasteiger partial charge in [-0.1, -0.05) is 25.1 Å². The predicted molar refractivity (Wildman–Crippen MR) is 81.0 cm³/mol. The second kappa shape index (κ2) is 5.53. The number of phenols is 1. The summed E-state index contributed by atoms with van der Waals surface area (Å²) in [5, 5.41) is 9.37. The molecule has 1 aromatic rings. The molecule has 3 heteroatoms. The predicted octanol–water partition coefficient (Wildman–Crippen LogP) is 3.57. The van der Waals surface area contributed by atoms with Crippen molar-refractivity contribution >= 4 is 11.5 Å². The Hall–Kier alpha value is -2.03. The van der Waals surface area contributed by atoms with Crippen molar-refractivity contribution in [2.24, 2.45) is 5.92 Å². The van der Waals surface area contributed by atoms with Gasteiger partial charge in [0, 0.05) is 18.3 Å². The molecule has 3 nitrogen and oxygen atoms in total. The van der Waals surface area contributed by atoms with E-state index in [2.05, 4.69) is 13.0 Å². The highest BCUT2D eigenvalue weighted by Crippen LogP contribution is 2.31. The van der Waals surface area contributed by atoms with Crippen LogP contribution in [0.2, 0.25) is 0 Å². The van der Waals surface area contributed by atoms with E-state index in [1.54, 1.807) is 17.0 Å². The fourth-order valence-electron chi connectivity index (χ4n) is 2.55. The average molecular weight is 271 g/mol. The molecule has 1 amide bonds. The number of carbonyl (C=O) groups excluding carboxylic acids is 1. The van der Waals surface area contributed by atoms with Crippen LogP contribution in [0, 0.1) is 5.92 Å². The maximum absolute atomic E-state index is 12.6. The van der Waals surface area contributed by atoms with Crippen molar-refractivity contribution in [2.45, 2.75) is 27.2 Å². The minimum Gasteiger partial charge on any atom is -0.508 e. The number of benzene rings is 1. The van der Waals surface area contributed by atoms with Gasteiger partial charge in [0.2, 0.25) is 0 Å². The number of nitrogens with zero attached hydrogens (tertiary/aromatic N) is 1. The van der Waals surface area contributed by atoms with Gasteiger partial charge in [-0.25, -0.2) is 0 Å². The van der Waals surface area contributed by atoms with Crippen molar-refractivity contribution in [3.05, 3.63) is 47.2 Å². The summed E-state index contributed by atoms with van der Waals surface area (Å²) in [5.74, 6) is 0.493. The molecule has 1 aliphatic rings. The van der Waals surface area contributed by atoms with Crippen molar-refractivity contribution in [2.75, 3.05) is 7.05 Å². The average Bonchev–Trinajstić information content (AvgIpc) is 2.52. The van der Waals surface area contributed by atoms with E-state index in [0.717, 1.165) is 28.8 Å². The quantitative estimate of drug-likeness (QED) is 0.793. The van der Waals surface area contributed by atoms with Gasteiger partial charge in [-0.2, -0.15) is 0 Å². The molecule has 1 atom stereocenters. The first-order valence-corrected chi connectivity index (χ1v) is 6.86. The van der Waals surface area contributed by atoms with Crippen molar-refractivity contribution < 1.29 is 9.90 Å². The second-order valence-corrected chi connectivity index (χ2v) is 5.43. The number of carbonyl (C=O) groups is 1. The summed E-state index contributed by atoms with van der Waals surface area (Å²) in [6.45, 7) is 6.02. The molecule has 0 radical (unpaired) electrons. The number of hydrogen-bond donors (Lipinski definition) is 1. The Kier molecular flexibility index (Phi) is 3.98. The van der Waals surface area contributed by atoms with Gasteiger partial charge in [-0.05, 0) is 49.5 Å². The minimum atomic E-state index is 0.0642. The summed E-state index contributed by atoms with van der Waals surface area (Å²) in [7, 11) is 1.82. The Labute approximate surface area is 120 Å². The van der Waals surface area contributed by atoms with Crippen LogP contribution in [0.5, 0.6) is 5.75 Å². The number of aromatic hydroxyl groups is 1. The lowest BCUT2D eigenvalue weighted by Gasteiger charge is -2.21. The SMILES string of the molecule is CC1=CCC(C)/C(=C(/C)c2ccc(O)cc2)C(=O)N1C. The van der Waals surface area contributed by atoms with Crippen molar-refractivity contribution in [1.29, 1.82) is 0 Å². The van der Waals surface area contributed by atoms with Crippen LogP contribution < -0.4 is 0 Å². The number of phenolic OH excluding ortho intramolecular Hbond substituents is 1. The molecular weight excluding hydrogens is 250 g/mol. The summed E-state index contributed by atoms with van der Waals surface area (Å²) >= 11 is 0. The molecule has 0 fully saturated rings. The van der Waals surface area contributed by atoms with E-state index in [4.69, 9.17) is 0 Å². The molecule has 2 rings (SSSR count). The van der Waals surface area contributed by atoms with E-state index < -0.39 is 0 Å². The Morgan fingerprint density at radius 1 is 1.30 bits per heavy atom. The van der Waals surface area contributed by atoms with Crippen LogP contribution in [0.1, 0.15) is 32.8 Å². The monoisotopic (exact) mass is 271 g/mol. The first-order valence-electron chi connectivity index (χ1n) is 6.86. The first kappa shape index (κ1) is 14.4. The third kappa shape index (κ3) is 2.62.